The molecule has 0 atom stereocenters. The van der Waals surface area contributed by atoms with E-state index in [1.54, 1.807) is 13.1 Å². The number of nitrogens with one attached hydrogen (secondary N) is 2. The Labute approximate surface area is 68.9 Å². The summed E-state index contributed by atoms with van der Waals surface area (Å²) < 4.78 is 0. The summed E-state index contributed by atoms with van der Waals surface area (Å²) >= 11 is 5.65. The van der Waals surface area contributed by atoms with Crippen LogP contribution in [0.1, 0.15) is 0 Å². The van der Waals surface area contributed by atoms with Gasteiger partial charge >= 0.3 is 0 Å². The Morgan fingerprint density at radius 1 is 1.55 bits per heavy atom. The fourth-order valence-electron chi connectivity index (χ4n) is 0.623. The fourth-order valence-corrected chi connectivity index (χ4v) is 0.809. The van der Waals surface area contributed by atoms with Crippen LogP contribution in [0.2, 0.25) is 5.15 Å². The van der Waals surface area contributed by atoms with Gasteiger partial charge in [0.1, 0.15) is 0 Å². The van der Waals surface area contributed by atoms with Crippen LogP contribution in [-0.2, 0) is 0 Å². The van der Waals surface area contributed by atoms with Crippen LogP contribution >= 0.6 is 11.6 Å². The van der Waals surface area contributed by atoms with E-state index in [2.05, 4.69) is 20.9 Å². The number of nitrogens with two attached hydrogens (primary N) is 1. The molecule has 0 aromatic carbocycles. The molecule has 0 fully saturated rings. The molecule has 11 heavy (non-hydrogen) atoms. The van der Waals surface area contributed by atoms with Gasteiger partial charge < -0.3 is 10.7 Å². The molecule has 60 valence electrons. The highest BCUT2D eigenvalue weighted by Crippen LogP contribution is 2.18. The van der Waals surface area contributed by atoms with Crippen LogP contribution in [0, 0.1) is 0 Å². The lowest BCUT2D eigenvalue weighted by Crippen LogP contribution is -2.09. The minimum atomic E-state index is 0.325. The van der Waals surface area contributed by atoms with E-state index in [0.717, 1.165) is 0 Å². The normalized spacial score (nSPS) is 9.36. The molecule has 5 nitrogen and oxygen atoms in total. The van der Waals surface area contributed by atoms with Crippen molar-refractivity contribution in [2.45, 2.75) is 0 Å². The zero-order valence-electron chi connectivity index (χ0n) is 5.93. The molecule has 0 saturated carbocycles. The summed E-state index contributed by atoms with van der Waals surface area (Å²) in [4.78, 5) is 0. The van der Waals surface area contributed by atoms with E-state index in [1.165, 1.54) is 0 Å². The van der Waals surface area contributed by atoms with Gasteiger partial charge in [-0.3, -0.25) is 0 Å². The van der Waals surface area contributed by atoms with Crippen molar-refractivity contribution in [1.29, 1.82) is 0 Å². The Hall–Kier alpha value is -1.07. The van der Waals surface area contributed by atoms with Gasteiger partial charge in [0.25, 0.3) is 0 Å². The predicted octanol–water partition coefficient (Wildman–Crippen LogP) is 0.457. The highest BCUT2D eigenvalue weighted by molar-refractivity contribution is 6.31. The van der Waals surface area contributed by atoms with Gasteiger partial charge in [0.15, 0.2) is 11.0 Å². The third-order valence-electron chi connectivity index (χ3n) is 1.17. The minimum Gasteiger partial charge on any atom is -0.385 e. The average molecular weight is 174 g/mol. The molecule has 1 heterocycles. The number of halogens is 1. The number of anilines is 2. The summed E-state index contributed by atoms with van der Waals surface area (Å²) in [5.74, 6) is 5.57. The van der Waals surface area contributed by atoms with Crippen LogP contribution < -0.4 is 16.6 Å². The molecule has 1 aromatic heterocycles. The summed E-state index contributed by atoms with van der Waals surface area (Å²) in [6, 6.07) is 1.66. The minimum absolute atomic E-state index is 0.325. The molecular weight excluding hydrogens is 166 g/mol. The van der Waals surface area contributed by atoms with Crippen LogP contribution in [0.5, 0.6) is 0 Å². The van der Waals surface area contributed by atoms with Crippen molar-refractivity contribution in [2.75, 3.05) is 17.8 Å². The third-order valence-corrected chi connectivity index (χ3v) is 1.45. The molecule has 4 N–H and O–H groups in total. The van der Waals surface area contributed by atoms with E-state index in [-0.39, 0.29) is 0 Å². The standard InChI is InChI=1S/C5H8ClN5/c1-8-3-2-4(9-7)10-11-5(3)6/h2H,7H2,1H3,(H2,8,9,10). The van der Waals surface area contributed by atoms with Gasteiger partial charge in [-0.05, 0) is 0 Å². The molecule has 0 spiro atoms. The monoisotopic (exact) mass is 173 g/mol. The smallest absolute Gasteiger partial charge is 0.174 e. The Balaban J connectivity index is 3.02. The van der Waals surface area contributed by atoms with E-state index in [0.29, 0.717) is 16.7 Å². The Kier molecular flexibility index (Phi) is 2.45. The highest BCUT2D eigenvalue weighted by atomic mass is 35.5. The number of aromatic nitrogens is 2. The first kappa shape index (κ1) is 8.03. The summed E-state index contributed by atoms with van der Waals surface area (Å²) in [6.45, 7) is 0. The van der Waals surface area contributed by atoms with Gasteiger partial charge in [-0.25, -0.2) is 5.84 Å². The van der Waals surface area contributed by atoms with Crippen molar-refractivity contribution >= 4 is 23.1 Å². The Morgan fingerprint density at radius 3 is 2.82 bits per heavy atom. The quantitative estimate of drug-likeness (QED) is 0.448. The molecule has 0 aliphatic heterocycles. The summed E-state index contributed by atoms with van der Waals surface area (Å²) in [7, 11) is 1.74. The zero-order valence-corrected chi connectivity index (χ0v) is 6.68. The van der Waals surface area contributed by atoms with Crippen molar-refractivity contribution in [2.24, 2.45) is 5.84 Å². The molecule has 0 amide bonds. The second kappa shape index (κ2) is 3.36. The number of hydrogen-bond donors (Lipinski definition) is 3. The number of nitrogens with zero attached hydrogens (tertiary/aromatic N) is 2. The highest BCUT2D eigenvalue weighted by Gasteiger charge is 2.00. The van der Waals surface area contributed by atoms with E-state index >= 15 is 0 Å². The predicted molar refractivity (Wildman–Crippen MR) is 44.4 cm³/mol. The molecule has 1 rings (SSSR count). The lowest BCUT2D eigenvalue weighted by atomic mass is 10.4. The summed E-state index contributed by atoms with van der Waals surface area (Å²) in [5, 5.41) is 10.4. The van der Waals surface area contributed by atoms with E-state index in [4.69, 9.17) is 17.4 Å². The van der Waals surface area contributed by atoms with E-state index in [1.807, 2.05) is 0 Å². The lowest BCUT2D eigenvalue weighted by Gasteiger charge is -2.02. The largest absolute Gasteiger partial charge is 0.385 e. The summed E-state index contributed by atoms with van der Waals surface area (Å²) in [6.07, 6.45) is 0. The maximum atomic E-state index is 5.65. The molecule has 0 bridgehead atoms. The van der Waals surface area contributed by atoms with E-state index < -0.39 is 0 Å². The second-order valence-corrected chi connectivity index (χ2v) is 2.19. The van der Waals surface area contributed by atoms with E-state index in [9.17, 15) is 0 Å². The van der Waals surface area contributed by atoms with Crippen LogP contribution in [0.15, 0.2) is 6.07 Å². The number of hydrogen-bond acceptors (Lipinski definition) is 5. The van der Waals surface area contributed by atoms with Gasteiger partial charge in [-0.15, -0.1) is 10.2 Å². The van der Waals surface area contributed by atoms with Crippen molar-refractivity contribution < 1.29 is 0 Å². The van der Waals surface area contributed by atoms with Crippen LogP contribution in [0.4, 0.5) is 11.5 Å². The molecule has 0 radical (unpaired) electrons. The topological polar surface area (TPSA) is 75.9 Å². The van der Waals surface area contributed by atoms with Crippen molar-refractivity contribution in [3.8, 4) is 0 Å². The average Bonchev–Trinajstić information content (AvgIpc) is 2.05. The molecule has 1 aromatic rings. The number of nitrogen functional groups attached to an aromatic ring is 1. The molecule has 6 heteroatoms. The van der Waals surface area contributed by atoms with Crippen molar-refractivity contribution in [3.63, 3.8) is 0 Å². The summed E-state index contributed by atoms with van der Waals surface area (Å²) in [5.41, 5.74) is 3.05. The fraction of sp³-hybridized carbons (Fsp3) is 0.200. The third kappa shape index (κ3) is 1.69. The zero-order chi connectivity index (χ0) is 8.27. The number of rotatable bonds is 2. The van der Waals surface area contributed by atoms with Crippen molar-refractivity contribution in [1.82, 2.24) is 10.2 Å². The van der Waals surface area contributed by atoms with Crippen molar-refractivity contribution in [3.05, 3.63) is 11.2 Å². The molecule has 0 unspecified atom stereocenters. The van der Waals surface area contributed by atoms with Crippen LogP contribution in [0.25, 0.3) is 0 Å². The molecule has 0 aliphatic carbocycles. The van der Waals surface area contributed by atoms with Gasteiger partial charge in [0.2, 0.25) is 0 Å². The van der Waals surface area contributed by atoms with Crippen LogP contribution in [-0.4, -0.2) is 17.2 Å². The number of hydrazine groups is 1. The second-order valence-electron chi connectivity index (χ2n) is 1.83. The van der Waals surface area contributed by atoms with Crippen LogP contribution in [0.3, 0.4) is 0 Å². The Morgan fingerprint density at radius 2 is 2.27 bits per heavy atom. The first-order valence-corrected chi connectivity index (χ1v) is 3.33. The van der Waals surface area contributed by atoms with Gasteiger partial charge in [-0.1, -0.05) is 11.6 Å². The Bertz CT molecular complexity index is 251. The maximum Gasteiger partial charge on any atom is 0.174 e. The maximum absolute atomic E-state index is 5.65. The first-order valence-electron chi connectivity index (χ1n) is 2.95. The first-order chi connectivity index (χ1) is 5.27. The lowest BCUT2D eigenvalue weighted by molar-refractivity contribution is 1.02. The van der Waals surface area contributed by atoms with Gasteiger partial charge in [0, 0.05) is 13.1 Å². The molecule has 0 saturated heterocycles. The molecule has 0 aliphatic rings. The van der Waals surface area contributed by atoms with Gasteiger partial charge in [-0.2, -0.15) is 0 Å². The van der Waals surface area contributed by atoms with Gasteiger partial charge in [0.05, 0.1) is 5.69 Å². The molecular formula is C5H8ClN5. The SMILES string of the molecule is CNc1cc(NN)nnc1Cl.